The van der Waals surface area contributed by atoms with Crippen LogP contribution in [0.4, 0.5) is 0 Å². The highest BCUT2D eigenvalue weighted by Gasteiger charge is 2.29. The summed E-state index contributed by atoms with van der Waals surface area (Å²) in [6.07, 6.45) is 3.56. The predicted octanol–water partition coefficient (Wildman–Crippen LogP) is 1.90. The molecule has 1 aliphatic rings. The van der Waals surface area contributed by atoms with E-state index in [1.165, 1.54) is 0 Å². The van der Waals surface area contributed by atoms with Crippen LogP contribution in [0.25, 0.3) is 5.65 Å². The maximum absolute atomic E-state index is 12.9. The van der Waals surface area contributed by atoms with Crippen LogP contribution in [-0.2, 0) is 11.8 Å². The largest absolute Gasteiger partial charge is 0.367 e. The van der Waals surface area contributed by atoms with E-state index < -0.39 is 0 Å². The minimum Gasteiger partial charge on any atom is -0.367 e. The lowest BCUT2D eigenvalue weighted by Crippen LogP contribution is -2.43. The number of nitrogens with zero attached hydrogens (tertiary/aromatic N) is 5. The standard InChI is InChI=1S/C18H21N5O2/c1-12-9-21(3)17(19-12)15-11-22(7-8-25-15)18(24)14-10-23-13(2)5-4-6-16(23)20-14/h4-6,9-10,15H,7-8,11H2,1-3H3/t15-/m1/s1. The molecule has 0 aliphatic carbocycles. The molecule has 0 aromatic carbocycles. The van der Waals surface area contributed by atoms with E-state index in [-0.39, 0.29) is 12.0 Å². The number of carbonyl (C=O) groups is 1. The van der Waals surface area contributed by atoms with Crippen LogP contribution in [0, 0.1) is 13.8 Å². The molecule has 25 heavy (non-hydrogen) atoms. The molecule has 7 heteroatoms. The van der Waals surface area contributed by atoms with E-state index in [0.717, 1.165) is 22.9 Å². The Kier molecular flexibility index (Phi) is 3.80. The zero-order valence-electron chi connectivity index (χ0n) is 14.6. The number of carbonyl (C=O) groups excluding carboxylic acids is 1. The van der Waals surface area contributed by atoms with Gasteiger partial charge >= 0.3 is 0 Å². The third-order valence-corrected chi connectivity index (χ3v) is 4.59. The average molecular weight is 339 g/mol. The molecule has 0 radical (unpaired) electrons. The molecule has 1 atom stereocenters. The first-order valence-corrected chi connectivity index (χ1v) is 8.38. The lowest BCUT2D eigenvalue weighted by atomic mass is 10.2. The molecule has 0 unspecified atom stereocenters. The fourth-order valence-corrected chi connectivity index (χ4v) is 3.34. The molecule has 0 spiro atoms. The molecular formula is C18H21N5O2. The van der Waals surface area contributed by atoms with Crippen LogP contribution in [0.3, 0.4) is 0 Å². The van der Waals surface area contributed by atoms with Crippen LogP contribution < -0.4 is 0 Å². The van der Waals surface area contributed by atoms with Gasteiger partial charge in [0.1, 0.15) is 23.3 Å². The second-order valence-electron chi connectivity index (χ2n) is 6.48. The molecule has 0 bridgehead atoms. The Morgan fingerprint density at radius 1 is 1.24 bits per heavy atom. The van der Waals surface area contributed by atoms with Crippen LogP contribution in [0.15, 0.2) is 30.6 Å². The van der Waals surface area contributed by atoms with E-state index in [0.29, 0.717) is 25.4 Å². The number of fused-ring (bicyclic) bond motifs is 1. The highest BCUT2D eigenvalue weighted by atomic mass is 16.5. The van der Waals surface area contributed by atoms with Gasteiger partial charge < -0.3 is 18.6 Å². The van der Waals surface area contributed by atoms with Crippen LogP contribution in [0.1, 0.15) is 33.8 Å². The average Bonchev–Trinajstić information content (AvgIpc) is 3.18. The van der Waals surface area contributed by atoms with Gasteiger partial charge in [-0.05, 0) is 26.0 Å². The van der Waals surface area contributed by atoms with Crippen molar-refractivity contribution in [3.63, 3.8) is 0 Å². The van der Waals surface area contributed by atoms with Gasteiger partial charge in [0.25, 0.3) is 5.91 Å². The van der Waals surface area contributed by atoms with Crippen molar-refractivity contribution in [1.29, 1.82) is 0 Å². The summed E-state index contributed by atoms with van der Waals surface area (Å²) >= 11 is 0. The van der Waals surface area contributed by atoms with Gasteiger partial charge in [-0.2, -0.15) is 0 Å². The van der Waals surface area contributed by atoms with E-state index in [1.807, 2.05) is 60.5 Å². The van der Waals surface area contributed by atoms with Crippen molar-refractivity contribution < 1.29 is 9.53 Å². The third-order valence-electron chi connectivity index (χ3n) is 4.59. The topological polar surface area (TPSA) is 64.7 Å². The molecule has 3 aromatic heterocycles. The molecule has 130 valence electrons. The number of amides is 1. The smallest absolute Gasteiger partial charge is 0.274 e. The van der Waals surface area contributed by atoms with E-state index in [1.54, 1.807) is 4.90 Å². The lowest BCUT2D eigenvalue weighted by molar-refractivity contribution is -0.0281. The number of pyridine rings is 1. The lowest BCUT2D eigenvalue weighted by Gasteiger charge is -2.32. The fourth-order valence-electron chi connectivity index (χ4n) is 3.34. The zero-order chi connectivity index (χ0) is 17.6. The molecule has 1 amide bonds. The van der Waals surface area contributed by atoms with Crippen molar-refractivity contribution in [2.75, 3.05) is 19.7 Å². The monoisotopic (exact) mass is 339 g/mol. The molecule has 1 saturated heterocycles. The zero-order valence-corrected chi connectivity index (χ0v) is 14.6. The number of aryl methyl sites for hydroxylation is 3. The van der Waals surface area contributed by atoms with Crippen molar-refractivity contribution in [3.05, 3.63) is 53.5 Å². The molecule has 4 heterocycles. The highest BCUT2D eigenvalue weighted by Crippen LogP contribution is 2.22. The van der Waals surface area contributed by atoms with Gasteiger partial charge in [-0.3, -0.25) is 4.79 Å². The van der Waals surface area contributed by atoms with Gasteiger partial charge in [-0.1, -0.05) is 6.07 Å². The number of morpholine rings is 1. The van der Waals surface area contributed by atoms with Crippen LogP contribution in [0.2, 0.25) is 0 Å². The first-order chi connectivity index (χ1) is 12.0. The Labute approximate surface area is 145 Å². The fraction of sp³-hybridized carbons (Fsp3) is 0.389. The van der Waals surface area contributed by atoms with E-state index in [4.69, 9.17) is 4.74 Å². The van der Waals surface area contributed by atoms with Crippen molar-refractivity contribution >= 4 is 11.6 Å². The Hall–Kier alpha value is -2.67. The molecule has 1 aliphatic heterocycles. The number of rotatable bonds is 2. The number of aromatic nitrogens is 4. The van der Waals surface area contributed by atoms with Crippen molar-refractivity contribution in [3.8, 4) is 0 Å². The number of hydrogen-bond acceptors (Lipinski definition) is 4. The van der Waals surface area contributed by atoms with Gasteiger partial charge in [-0.25, -0.2) is 9.97 Å². The number of hydrogen-bond donors (Lipinski definition) is 0. The van der Waals surface area contributed by atoms with Gasteiger partial charge in [0.15, 0.2) is 0 Å². The molecule has 0 saturated carbocycles. The van der Waals surface area contributed by atoms with Crippen LogP contribution in [0.5, 0.6) is 0 Å². The second kappa shape index (κ2) is 6.00. The van der Waals surface area contributed by atoms with Gasteiger partial charge in [0.2, 0.25) is 0 Å². The Balaban J connectivity index is 1.58. The summed E-state index contributed by atoms with van der Waals surface area (Å²) in [6, 6.07) is 5.85. The molecule has 7 nitrogen and oxygen atoms in total. The minimum atomic E-state index is -0.213. The first kappa shape index (κ1) is 15.8. The quantitative estimate of drug-likeness (QED) is 0.715. The second-order valence-corrected chi connectivity index (χ2v) is 6.48. The minimum absolute atomic E-state index is 0.0673. The SMILES string of the molecule is Cc1cn(C)c([C@H]2CN(C(=O)c3cn4c(C)cccc4n3)CCO2)n1. The summed E-state index contributed by atoms with van der Waals surface area (Å²) in [7, 11) is 1.95. The Morgan fingerprint density at radius 3 is 2.80 bits per heavy atom. The molecule has 3 aromatic rings. The molecule has 1 fully saturated rings. The predicted molar refractivity (Wildman–Crippen MR) is 92.5 cm³/mol. The molecule has 0 N–H and O–H groups in total. The maximum atomic E-state index is 12.9. The summed E-state index contributed by atoms with van der Waals surface area (Å²) in [5, 5.41) is 0. The Morgan fingerprint density at radius 2 is 2.08 bits per heavy atom. The summed E-state index contributed by atoms with van der Waals surface area (Å²) in [5.41, 5.74) is 3.24. The summed E-state index contributed by atoms with van der Waals surface area (Å²) in [6.45, 7) is 5.49. The first-order valence-electron chi connectivity index (χ1n) is 8.38. The third kappa shape index (κ3) is 2.80. The van der Waals surface area contributed by atoms with Crippen LogP contribution >= 0.6 is 0 Å². The number of ether oxygens (including phenoxy) is 1. The van der Waals surface area contributed by atoms with Crippen LogP contribution in [-0.4, -0.2) is 49.4 Å². The molecule has 4 rings (SSSR count). The Bertz CT molecular complexity index is 942. The summed E-state index contributed by atoms with van der Waals surface area (Å²) < 4.78 is 9.75. The number of imidazole rings is 2. The highest BCUT2D eigenvalue weighted by molar-refractivity contribution is 5.93. The molecular weight excluding hydrogens is 318 g/mol. The van der Waals surface area contributed by atoms with Gasteiger partial charge in [0.05, 0.1) is 18.8 Å². The van der Waals surface area contributed by atoms with E-state index in [2.05, 4.69) is 9.97 Å². The van der Waals surface area contributed by atoms with Gasteiger partial charge in [0, 0.05) is 31.7 Å². The summed E-state index contributed by atoms with van der Waals surface area (Å²) in [4.78, 5) is 23.7. The van der Waals surface area contributed by atoms with Crippen molar-refractivity contribution in [1.82, 2.24) is 23.8 Å². The normalized spacial score (nSPS) is 18.0. The van der Waals surface area contributed by atoms with Crippen molar-refractivity contribution in [2.45, 2.75) is 20.0 Å². The van der Waals surface area contributed by atoms with Gasteiger partial charge in [-0.15, -0.1) is 0 Å². The summed E-state index contributed by atoms with van der Waals surface area (Å²) in [5.74, 6) is 0.781. The van der Waals surface area contributed by atoms with Crippen molar-refractivity contribution in [2.24, 2.45) is 7.05 Å². The van der Waals surface area contributed by atoms with E-state index >= 15 is 0 Å². The van der Waals surface area contributed by atoms with E-state index in [9.17, 15) is 4.79 Å². The maximum Gasteiger partial charge on any atom is 0.274 e.